The molecule has 0 spiro atoms. The van der Waals surface area contributed by atoms with Gasteiger partial charge in [0.2, 0.25) is 17.7 Å². The molecule has 1 amide bonds. The van der Waals surface area contributed by atoms with Crippen molar-refractivity contribution in [2.24, 2.45) is 5.73 Å². The molecule has 0 aliphatic rings. The van der Waals surface area contributed by atoms with Crippen molar-refractivity contribution in [3.8, 4) is 5.88 Å². The highest BCUT2D eigenvalue weighted by molar-refractivity contribution is 5.78. The van der Waals surface area contributed by atoms with E-state index in [4.69, 9.17) is 20.9 Å². The monoisotopic (exact) mass is 266 g/mol. The fraction of sp³-hybridized carbons (Fsp3) is 0.400. The van der Waals surface area contributed by atoms with E-state index in [1.165, 1.54) is 13.4 Å². The lowest BCUT2D eigenvalue weighted by atomic mass is 10.5. The van der Waals surface area contributed by atoms with E-state index in [0.29, 0.717) is 23.6 Å². The van der Waals surface area contributed by atoms with Gasteiger partial charge >= 0.3 is 0 Å². The van der Waals surface area contributed by atoms with Gasteiger partial charge in [-0.1, -0.05) is 0 Å². The smallest absolute Gasteiger partial charge is 0.245 e. The highest BCUT2D eigenvalue weighted by Gasteiger charge is 2.14. The number of nitrogen functional groups attached to an aromatic ring is 1. The molecule has 0 aromatic carbocycles. The summed E-state index contributed by atoms with van der Waals surface area (Å²) in [5.74, 6) is 0.109. The molecular formula is C10H14N6O3. The van der Waals surface area contributed by atoms with E-state index in [9.17, 15) is 4.79 Å². The Hall–Kier alpha value is -2.42. The number of methoxy groups -OCH3 is 1. The lowest BCUT2D eigenvalue weighted by Gasteiger charge is -2.05. The van der Waals surface area contributed by atoms with Gasteiger partial charge in [0.15, 0.2) is 11.2 Å². The molecule has 4 N–H and O–H groups in total. The maximum absolute atomic E-state index is 10.5. The van der Waals surface area contributed by atoms with Gasteiger partial charge in [0.25, 0.3) is 0 Å². The zero-order chi connectivity index (χ0) is 13.8. The van der Waals surface area contributed by atoms with Crippen molar-refractivity contribution in [3.63, 3.8) is 0 Å². The second-order valence-corrected chi connectivity index (χ2v) is 3.70. The molecule has 0 unspecified atom stereocenters. The van der Waals surface area contributed by atoms with E-state index in [1.54, 1.807) is 4.57 Å². The molecule has 0 atom stereocenters. The molecule has 102 valence electrons. The number of carbonyl (C=O) groups excluding carboxylic acids is 1. The van der Waals surface area contributed by atoms with Crippen LogP contribution < -0.4 is 16.2 Å². The third-order valence-corrected chi connectivity index (χ3v) is 2.42. The summed E-state index contributed by atoms with van der Waals surface area (Å²) in [5.41, 5.74) is 11.8. The second-order valence-electron chi connectivity index (χ2n) is 3.70. The van der Waals surface area contributed by atoms with Gasteiger partial charge in [-0.2, -0.15) is 4.98 Å². The van der Waals surface area contributed by atoms with E-state index >= 15 is 0 Å². The molecule has 9 heteroatoms. The van der Waals surface area contributed by atoms with Crippen LogP contribution in [0.15, 0.2) is 6.33 Å². The highest BCUT2D eigenvalue weighted by atomic mass is 16.5. The van der Waals surface area contributed by atoms with Crippen LogP contribution in [0.4, 0.5) is 5.95 Å². The van der Waals surface area contributed by atoms with Crippen LogP contribution in [0.5, 0.6) is 5.88 Å². The van der Waals surface area contributed by atoms with Crippen molar-refractivity contribution in [1.29, 1.82) is 0 Å². The van der Waals surface area contributed by atoms with Gasteiger partial charge in [-0.3, -0.25) is 9.36 Å². The SMILES string of the molecule is COc1ncnc2c1nc(N)n2CCOCC(N)=O. The Kier molecular flexibility index (Phi) is 3.76. The van der Waals surface area contributed by atoms with Crippen LogP contribution >= 0.6 is 0 Å². The van der Waals surface area contributed by atoms with Crippen molar-refractivity contribution < 1.29 is 14.3 Å². The summed E-state index contributed by atoms with van der Waals surface area (Å²) in [5, 5.41) is 0. The molecule has 0 radical (unpaired) electrons. The predicted molar refractivity (Wildman–Crippen MR) is 66.3 cm³/mol. The Labute approximate surface area is 108 Å². The molecule has 2 aromatic rings. The van der Waals surface area contributed by atoms with E-state index in [1.807, 2.05) is 0 Å². The first kappa shape index (κ1) is 13.0. The molecule has 0 bridgehead atoms. The Morgan fingerprint density at radius 3 is 2.95 bits per heavy atom. The Balaban J connectivity index is 2.18. The molecule has 9 nitrogen and oxygen atoms in total. The molecule has 2 heterocycles. The number of fused-ring (bicyclic) bond motifs is 1. The minimum absolute atomic E-state index is 0.134. The number of ether oxygens (including phenoxy) is 2. The van der Waals surface area contributed by atoms with Gasteiger partial charge < -0.3 is 20.9 Å². The van der Waals surface area contributed by atoms with Crippen LogP contribution in [-0.2, 0) is 16.1 Å². The molecule has 2 rings (SSSR count). The van der Waals surface area contributed by atoms with Crippen LogP contribution in [0, 0.1) is 0 Å². The standard InChI is InChI=1S/C10H14N6O3/c1-18-9-7-8(13-5-14-9)16(10(12)15-7)2-3-19-4-6(11)17/h5H,2-4H2,1H3,(H2,11,17)(H2,12,15). The number of nitrogens with two attached hydrogens (primary N) is 2. The topological polar surface area (TPSA) is 131 Å². The number of carbonyl (C=O) groups is 1. The number of hydrogen-bond donors (Lipinski definition) is 2. The summed E-state index contributed by atoms with van der Waals surface area (Å²) < 4.78 is 11.8. The number of nitrogens with zero attached hydrogens (tertiary/aromatic N) is 4. The van der Waals surface area contributed by atoms with E-state index in [-0.39, 0.29) is 19.2 Å². The number of amides is 1. The molecule has 0 saturated carbocycles. The number of aromatic nitrogens is 4. The van der Waals surface area contributed by atoms with E-state index in [2.05, 4.69) is 15.0 Å². The number of rotatable bonds is 6. The van der Waals surface area contributed by atoms with Crippen LogP contribution in [0.2, 0.25) is 0 Å². The summed E-state index contributed by atoms with van der Waals surface area (Å²) in [6.45, 7) is 0.533. The van der Waals surface area contributed by atoms with Crippen molar-refractivity contribution in [3.05, 3.63) is 6.33 Å². The average Bonchev–Trinajstić information content (AvgIpc) is 2.70. The van der Waals surface area contributed by atoms with Crippen molar-refractivity contribution in [1.82, 2.24) is 19.5 Å². The van der Waals surface area contributed by atoms with Crippen molar-refractivity contribution >= 4 is 23.0 Å². The first-order valence-corrected chi connectivity index (χ1v) is 5.50. The van der Waals surface area contributed by atoms with E-state index < -0.39 is 5.91 Å². The molecule has 0 saturated heterocycles. The van der Waals surface area contributed by atoms with Crippen molar-refractivity contribution in [2.45, 2.75) is 6.54 Å². The number of hydrogen-bond acceptors (Lipinski definition) is 7. The predicted octanol–water partition coefficient (Wildman–Crippen LogP) is -1.08. The highest BCUT2D eigenvalue weighted by Crippen LogP contribution is 2.22. The average molecular weight is 266 g/mol. The fourth-order valence-electron chi connectivity index (χ4n) is 1.63. The summed E-state index contributed by atoms with van der Waals surface area (Å²) in [6, 6.07) is 0. The third kappa shape index (κ3) is 2.71. The lowest BCUT2D eigenvalue weighted by molar-refractivity contribution is -0.122. The minimum Gasteiger partial charge on any atom is -0.479 e. The van der Waals surface area contributed by atoms with Gasteiger partial charge in [0.05, 0.1) is 20.3 Å². The van der Waals surface area contributed by atoms with Crippen LogP contribution in [0.3, 0.4) is 0 Å². The molecule has 0 fully saturated rings. The lowest BCUT2D eigenvalue weighted by Crippen LogP contribution is -2.20. The van der Waals surface area contributed by atoms with Gasteiger partial charge in [-0.15, -0.1) is 0 Å². The second kappa shape index (κ2) is 5.48. The summed E-state index contributed by atoms with van der Waals surface area (Å²) in [7, 11) is 1.49. The van der Waals surface area contributed by atoms with Crippen molar-refractivity contribution in [2.75, 3.05) is 26.1 Å². The quantitative estimate of drug-likeness (QED) is 0.635. The normalized spacial score (nSPS) is 10.8. The molecule has 0 aliphatic heterocycles. The van der Waals surface area contributed by atoms with E-state index in [0.717, 1.165) is 0 Å². The minimum atomic E-state index is -0.521. The number of imidazole rings is 1. The number of primary amides is 1. The van der Waals surface area contributed by atoms with Gasteiger partial charge in [-0.25, -0.2) is 9.97 Å². The Bertz CT molecular complexity index is 596. The summed E-state index contributed by atoms with van der Waals surface area (Å²) in [4.78, 5) is 22.7. The van der Waals surface area contributed by atoms with Crippen LogP contribution in [0.1, 0.15) is 0 Å². The molecule has 19 heavy (non-hydrogen) atoms. The Morgan fingerprint density at radius 1 is 1.47 bits per heavy atom. The molecule has 2 aromatic heterocycles. The van der Waals surface area contributed by atoms with Gasteiger partial charge in [-0.05, 0) is 0 Å². The molecule has 0 aliphatic carbocycles. The third-order valence-electron chi connectivity index (χ3n) is 2.42. The first-order valence-electron chi connectivity index (χ1n) is 5.50. The Morgan fingerprint density at radius 2 is 2.26 bits per heavy atom. The number of anilines is 1. The zero-order valence-electron chi connectivity index (χ0n) is 10.4. The first-order chi connectivity index (χ1) is 9.13. The van der Waals surface area contributed by atoms with Gasteiger partial charge in [0, 0.05) is 0 Å². The summed E-state index contributed by atoms with van der Waals surface area (Å²) in [6.07, 6.45) is 1.36. The maximum Gasteiger partial charge on any atom is 0.245 e. The summed E-state index contributed by atoms with van der Waals surface area (Å²) >= 11 is 0. The van der Waals surface area contributed by atoms with Gasteiger partial charge in [0.1, 0.15) is 12.9 Å². The fourth-order valence-corrected chi connectivity index (χ4v) is 1.63. The maximum atomic E-state index is 10.5. The largest absolute Gasteiger partial charge is 0.479 e. The molecular weight excluding hydrogens is 252 g/mol. The van der Waals surface area contributed by atoms with Crippen LogP contribution in [0.25, 0.3) is 11.2 Å². The zero-order valence-corrected chi connectivity index (χ0v) is 10.4. The van der Waals surface area contributed by atoms with Crippen LogP contribution in [-0.4, -0.2) is 45.7 Å².